The van der Waals surface area contributed by atoms with Crippen molar-refractivity contribution in [3.8, 4) is 0 Å². The number of aliphatic hydroxyl groups excluding tert-OH is 1. The molecule has 0 aliphatic rings. The Labute approximate surface area is 121 Å². The minimum atomic E-state index is -0.703. The third-order valence-corrected chi connectivity index (χ3v) is 3.25. The molecule has 1 unspecified atom stereocenters. The van der Waals surface area contributed by atoms with Crippen LogP contribution in [0.4, 0.5) is 0 Å². The highest BCUT2D eigenvalue weighted by Gasteiger charge is 2.12. The van der Waals surface area contributed by atoms with E-state index in [1.165, 1.54) is 0 Å². The number of tetrazole rings is 1. The first-order valence-corrected chi connectivity index (χ1v) is 6.79. The number of hydrogen-bond acceptors (Lipinski definition) is 5. The van der Waals surface area contributed by atoms with Crippen LogP contribution in [0.25, 0.3) is 0 Å². The second kappa shape index (κ2) is 6.27. The van der Waals surface area contributed by atoms with Crippen LogP contribution in [-0.4, -0.2) is 35.7 Å². The van der Waals surface area contributed by atoms with E-state index in [0.717, 1.165) is 29.9 Å². The number of aryl methyl sites for hydroxylation is 1. The molecule has 1 atom stereocenters. The van der Waals surface area contributed by atoms with Crippen molar-refractivity contribution in [3.63, 3.8) is 0 Å². The first-order chi connectivity index (χ1) is 10.3. The van der Waals surface area contributed by atoms with Crippen molar-refractivity contribution >= 4 is 0 Å². The molecule has 0 saturated carbocycles. The molecule has 0 aliphatic carbocycles. The van der Waals surface area contributed by atoms with Crippen LogP contribution in [0.3, 0.4) is 0 Å². The Bertz CT molecular complexity index is 664. The molecule has 7 nitrogen and oxygen atoms in total. The fraction of sp³-hybridized carbons (Fsp3) is 0.286. The second-order valence-corrected chi connectivity index (χ2v) is 4.83. The van der Waals surface area contributed by atoms with Crippen molar-refractivity contribution < 1.29 is 5.11 Å². The fourth-order valence-corrected chi connectivity index (χ4v) is 2.17. The maximum absolute atomic E-state index is 9.90. The molecule has 3 aromatic rings. The molecule has 0 aliphatic heterocycles. The summed E-state index contributed by atoms with van der Waals surface area (Å²) in [6, 6.07) is 9.96. The van der Waals surface area contributed by atoms with Gasteiger partial charge in [-0.1, -0.05) is 11.3 Å². The number of rotatable bonds is 6. The average Bonchev–Trinajstić information content (AvgIpc) is 3.17. The molecular weight excluding hydrogens is 268 g/mol. The summed E-state index contributed by atoms with van der Waals surface area (Å²) >= 11 is 0. The maximum atomic E-state index is 9.90. The highest BCUT2D eigenvalue weighted by Crippen LogP contribution is 2.15. The van der Waals surface area contributed by atoms with Crippen molar-refractivity contribution in [2.24, 2.45) is 0 Å². The van der Waals surface area contributed by atoms with Gasteiger partial charge in [0.15, 0.2) is 0 Å². The van der Waals surface area contributed by atoms with Crippen molar-refractivity contribution in [2.75, 3.05) is 0 Å². The van der Waals surface area contributed by atoms with Gasteiger partial charge in [-0.25, -0.2) is 0 Å². The Morgan fingerprint density at radius 1 is 1.14 bits per heavy atom. The van der Waals surface area contributed by atoms with E-state index in [1.807, 2.05) is 30.3 Å². The van der Waals surface area contributed by atoms with Crippen LogP contribution >= 0.6 is 0 Å². The van der Waals surface area contributed by atoms with E-state index in [-0.39, 0.29) is 0 Å². The largest absolute Gasteiger partial charge is 0.385 e. The normalized spacial score (nSPS) is 12.4. The zero-order chi connectivity index (χ0) is 14.5. The van der Waals surface area contributed by atoms with Crippen LogP contribution in [0.2, 0.25) is 0 Å². The van der Waals surface area contributed by atoms with Crippen LogP contribution in [0.15, 0.2) is 36.5 Å². The molecule has 21 heavy (non-hydrogen) atoms. The summed E-state index contributed by atoms with van der Waals surface area (Å²) in [5, 5.41) is 23.2. The van der Waals surface area contributed by atoms with Gasteiger partial charge in [-0.05, 0) is 37.1 Å². The summed E-state index contributed by atoms with van der Waals surface area (Å²) in [6.07, 6.45) is 3.13. The third-order valence-electron chi connectivity index (χ3n) is 3.25. The van der Waals surface area contributed by atoms with Crippen LogP contribution < -0.4 is 0 Å². The minimum absolute atomic E-state index is 0.329. The molecule has 0 radical (unpaired) electrons. The topological polar surface area (TPSA) is 103 Å². The van der Waals surface area contributed by atoms with Gasteiger partial charge in [-0.3, -0.25) is 4.98 Å². The van der Waals surface area contributed by atoms with Crippen LogP contribution in [0.1, 0.15) is 35.4 Å². The molecule has 3 N–H and O–H groups in total. The van der Waals surface area contributed by atoms with Gasteiger partial charge < -0.3 is 10.1 Å². The summed E-state index contributed by atoms with van der Waals surface area (Å²) in [5.41, 5.74) is 3.21. The average molecular weight is 284 g/mol. The summed E-state index contributed by atoms with van der Waals surface area (Å²) in [7, 11) is 0. The number of aliphatic hydroxyl groups is 1. The van der Waals surface area contributed by atoms with E-state index in [9.17, 15) is 5.11 Å². The van der Waals surface area contributed by atoms with Crippen LogP contribution in [0, 0.1) is 0 Å². The summed E-state index contributed by atoms with van der Waals surface area (Å²) in [4.78, 5) is 7.65. The highest BCUT2D eigenvalue weighted by molar-refractivity contribution is 5.19. The van der Waals surface area contributed by atoms with Gasteiger partial charge in [0.2, 0.25) is 5.82 Å². The monoisotopic (exact) mass is 284 g/mol. The molecule has 0 amide bonds. The molecule has 0 fully saturated rings. The van der Waals surface area contributed by atoms with Crippen molar-refractivity contribution in [1.82, 2.24) is 30.6 Å². The standard InChI is InChI=1S/C14H16N6O/c21-13(14-17-19-20-18-14)7-6-10-4-5-12(16-10)9-11-3-1-2-8-15-11/h1-5,8,13,16,21H,6-7,9H2,(H,17,18,19,20). The van der Waals surface area contributed by atoms with Gasteiger partial charge in [0.1, 0.15) is 6.10 Å². The zero-order valence-electron chi connectivity index (χ0n) is 11.4. The SMILES string of the molecule is OC(CCc1ccc(Cc2ccccn2)[nH]1)c1nn[nH]n1. The highest BCUT2D eigenvalue weighted by atomic mass is 16.3. The molecule has 3 rings (SSSR count). The fourth-order valence-electron chi connectivity index (χ4n) is 2.17. The number of hydrogen-bond donors (Lipinski definition) is 3. The van der Waals surface area contributed by atoms with Gasteiger partial charge in [0, 0.05) is 29.7 Å². The van der Waals surface area contributed by atoms with Crippen molar-refractivity contribution in [3.05, 3.63) is 59.4 Å². The lowest BCUT2D eigenvalue weighted by Crippen LogP contribution is -2.02. The molecular formula is C14H16N6O. The zero-order valence-corrected chi connectivity index (χ0v) is 11.4. The summed E-state index contributed by atoms with van der Waals surface area (Å²) in [5.74, 6) is 0.329. The lowest BCUT2D eigenvalue weighted by Gasteiger charge is -2.04. The van der Waals surface area contributed by atoms with Gasteiger partial charge in [0.05, 0.1) is 0 Å². The van der Waals surface area contributed by atoms with Crippen molar-refractivity contribution in [1.29, 1.82) is 0 Å². The van der Waals surface area contributed by atoms with Crippen LogP contribution in [-0.2, 0) is 12.8 Å². The minimum Gasteiger partial charge on any atom is -0.385 e. The quantitative estimate of drug-likeness (QED) is 0.630. The Morgan fingerprint density at radius 2 is 2.05 bits per heavy atom. The first-order valence-electron chi connectivity index (χ1n) is 6.79. The molecule has 0 aromatic carbocycles. The van der Waals surface area contributed by atoms with E-state index in [0.29, 0.717) is 12.2 Å². The number of nitrogens with one attached hydrogen (secondary N) is 2. The molecule has 7 heteroatoms. The van der Waals surface area contributed by atoms with Crippen LogP contribution in [0.5, 0.6) is 0 Å². The number of pyridine rings is 1. The Kier molecular flexibility index (Phi) is 4.02. The van der Waals surface area contributed by atoms with Gasteiger partial charge in [0.25, 0.3) is 0 Å². The Hall–Kier alpha value is -2.54. The summed E-state index contributed by atoms with van der Waals surface area (Å²) < 4.78 is 0. The van der Waals surface area contributed by atoms with E-state index >= 15 is 0 Å². The first kappa shape index (κ1) is 13.4. The third kappa shape index (κ3) is 3.51. The molecule has 0 saturated heterocycles. The number of H-pyrrole nitrogens is 2. The van der Waals surface area contributed by atoms with E-state index in [1.54, 1.807) is 6.20 Å². The molecule has 3 heterocycles. The summed E-state index contributed by atoms with van der Waals surface area (Å²) in [6.45, 7) is 0. The molecule has 108 valence electrons. The lowest BCUT2D eigenvalue weighted by atomic mass is 10.1. The maximum Gasteiger partial charge on any atom is 0.202 e. The number of nitrogens with zero attached hydrogens (tertiary/aromatic N) is 4. The predicted molar refractivity (Wildman–Crippen MR) is 75.3 cm³/mol. The van der Waals surface area contributed by atoms with E-state index in [4.69, 9.17) is 0 Å². The van der Waals surface area contributed by atoms with E-state index < -0.39 is 6.10 Å². The second-order valence-electron chi connectivity index (χ2n) is 4.83. The van der Waals surface area contributed by atoms with E-state index in [2.05, 4.69) is 30.6 Å². The van der Waals surface area contributed by atoms with Gasteiger partial charge >= 0.3 is 0 Å². The van der Waals surface area contributed by atoms with Gasteiger partial charge in [-0.15, -0.1) is 10.2 Å². The van der Waals surface area contributed by atoms with Crippen molar-refractivity contribution in [2.45, 2.75) is 25.4 Å². The smallest absolute Gasteiger partial charge is 0.202 e. The molecule has 0 spiro atoms. The van der Waals surface area contributed by atoms with Gasteiger partial charge in [-0.2, -0.15) is 5.21 Å². The molecule has 3 aromatic heterocycles. The predicted octanol–water partition coefficient (Wildman–Crippen LogP) is 1.18. The molecule has 0 bridgehead atoms. The number of aromatic amines is 2. The Balaban J connectivity index is 1.55. The lowest BCUT2D eigenvalue weighted by molar-refractivity contribution is 0.157. The number of aromatic nitrogens is 6. The Morgan fingerprint density at radius 3 is 2.81 bits per heavy atom.